The van der Waals surface area contributed by atoms with E-state index in [9.17, 15) is 0 Å². The number of hydrogen-bond donors (Lipinski definition) is 0. The van der Waals surface area contributed by atoms with Crippen molar-refractivity contribution < 1.29 is 0 Å². The smallest absolute Gasteiger partial charge is 0.164 e. The normalized spacial score (nSPS) is 11.4. The SMILES string of the molecule is c1ccc(-c2ccc3cc(-c4nc(-c5cccc(-c6ccc7ccccc7c6)c5)nc(-c5cc(-c6ccc7ccccc7c6)c6ccccc6c5)n4)ccc3c2)cc1. The molecule has 11 rings (SSSR count). The van der Waals surface area contributed by atoms with Crippen LogP contribution in [-0.4, -0.2) is 15.0 Å². The molecule has 11 aromatic rings. The summed E-state index contributed by atoms with van der Waals surface area (Å²) in [6.45, 7) is 0. The van der Waals surface area contributed by atoms with Gasteiger partial charge >= 0.3 is 0 Å². The number of benzene rings is 10. The Bertz CT molecular complexity index is 3350. The second-order valence-corrected chi connectivity index (χ2v) is 14.9. The van der Waals surface area contributed by atoms with Gasteiger partial charge in [-0.3, -0.25) is 0 Å². The van der Waals surface area contributed by atoms with Crippen LogP contribution in [0.2, 0.25) is 0 Å². The summed E-state index contributed by atoms with van der Waals surface area (Å²) in [5, 5.41) is 9.46. The summed E-state index contributed by atoms with van der Waals surface area (Å²) in [5.74, 6) is 1.89. The molecule has 0 aliphatic rings. The highest BCUT2D eigenvalue weighted by Gasteiger charge is 2.17. The van der Waals surface area contributed by atoms with Crippen LogP contribution in [-0.2, 0) is 0 Å². The average Bonchev–Trinajstić information content (AvgIpc) is 3.30. The van der Waals surface area contributed by atoms with Crippen molar-refractivity contribution in [2.24, 2.45) is 0 Å². The Morgan fingerprint density at radius 3 is 1.29 bits per heavy atom. The van der Waals surface area contributed by atoms with Gasteiger partial charge in [0.05, 0.1) is 0 Å². The summed E-state index contributed by atoms with van der Waals surface area (Å²) in [4.78, 5) is 15.7. The highest BCUT2D eigenvalue weighted by Crippen LogP contribution is 2.37. The average molecular weight is 738 g/mol. The Hall–Kier alpha value is -7.75. The first-order chi connectivity index (χ1) is 28.7. The molecule has 1 aromatic heterocycles. The van der Waals surface area contributed by atoms with Gasteiger partial charge in [0.1, 0.15) is 0 Å². The molecule has 0 aliphatic carbocycles. The van der Waals surface area contributed by atoms with Gasteiger partial charge in [0.2, 0.25) is 0 Å². The number of rotatable bonds is 6. The van der Waals surface area contributed by atoms with Crippen LogP contribution >= 0.6 is 0 Å². The van der Waals surface area contributed by atoms with Crippen molar-refractivity contribution in [1.29, 1.82) is 0 Å². The predicted octanol–water partition coefficient (Wildman–Crippen LogP) is 14.5. The van der Waals surface area contributed by atoms with Gasteiger partial charge in [0, 0.05) is 16.7 Å². The van der Waals surface area contributed by atoms with Gasteiger partial charge in [-0.2, -0.15) is 0 Å². The van der Waals surface area contributed by atoms with Gasteiger partial charge in [-0.1, -0.05) is 170 Å². The van der Waals surface area contributed by atoms with Gasteiger partial charge in [-0.15, -0.1) is 0 Å². The quantitative estimate of drug-likeness (QED) is 0.171. The highest BCUT2D eigenvalue weighted by molar-refractivity contribution is 6.02. The van der Waals surface area contributed by atoms with E-state index in [2.05, 4.69) is 212 Å². The molecule has 0 saturated carbocycles. The minimum absolute atomic E-state index is 0.627. The molecule has 3 heteroatoms. The zero-order valence-corrected chi connectivity index (χ0v) is 31.5. The first-order valence-corrected chi connectivity index (χ1v) is 19.7. The van der Waals surface area contributed by atoms with E-state index in [4.69, 9.17) is 15.0 Å². The topological polar surface area (TPSA) is 38.7 Å². The molecule has 0 saturated heterocycles. The van der Waals surface area contributed by atoms with Gasteiger partial charge in [-0.25, -0.2) is 15.0 Å². The lowest BCUT2D eigenvalue weighted by Gasteiger charge is -2.13. The van der Waals surface area contributed by atoms with Crippen molar-refractivity contribution in [3.05, 3.63) is 212 Å². The largest absolute Gasteiger partial charge is 0.208 e. The molecule has 0 amide bonds. The Kier molecular flexibility index (Phi) is 8.15. The van der Waals surface area contributed by atoms with E-state index in [1.165, 1.54) is 38.1 Å². The third-order valence-corrected chi connectivity index (χ3v) is 11.2. The van der Waals surface area contributed by atoms with Crippen molar-refractivity contribution in [2.45, 2.75) is 0 Å². The lowest BCUT2D eigenvalue weighted by molar-refractivity contribution is 1.08. The van der Waals surface area contributed by atoms with E-state index in [1.807, 2.05) is 0 Å². The molecule has 10 aromatic carbocycles. The zero-order valence-electron chi connectivity index (χ0n) is 31.5. The number of nitrogens with zero attached hydrogens (tertiary/aromatic N) is 3. The van der Waals surface area contributed by atoms with Gasteiger partial charge in [-0.05, 0) is 119 Å². The molecule has 1 heterocycles. The molecule has 270 valence electrons. The lowest BCUT2D eigenvalue weighted by Crippen LogP contribution is -2.01. The second kappa shape index (κ2) is 14.1. The maximum absolute atomic E-state index is 5.26. The maximum Gasteiger partial charge on any atom is 0.164 e. The van der Waals surface area contributed by atoms with E-state index in [-0.39, 0.29) is 0 Å². The number of aromatic nitrogens is 3. The molecular formula is C55H35N3. The van der Waals surface area contributed by atoms with Crippen LogP contribution < -0.4 is 0 Å². The van der Waals surface area contributed by atoms with E-state index in [1.54, 1.807) is 0 Å². The van der Waals surface area contributed by atoms with Crippen LogP contribution in [0.5, 0.6) is 0 Å². The van der Waals surface area contributed by atoms with Crippen LogP contribution in [0.25, 0.3) is 111 Å². The summed E-state index contributed by atoms with van der Waals surface area (Å²) >= 11 is 0. The molecule has 0 atom stereocenters. The fourth-order valence-corrected chi connectivity index (χ4v) is 8.20. The summed E-state index contributed by atoms with van der Waals surface area (Å²) in [5.41, 5.74) is 9.74. The van der Waals surface area contributed by atoms with Gasteiger partial charge < -0.3 is 0 Å². The molecule has 0 unspecified atom stereocenters. The molecule has 0 spiro atoms. The van der Waals surface area contributed by atoms with Crippen molar-refractivity contribution in [3.63, 3.8) is 0 Å². The van der Waals surface area contributed by atoms with E-state index < -0.39 is 0 Å². The van der Waals surface area contributed by atoms with Crippen molar-refractivity contribution in [3.8, 4) is 67.5 Å². The number of hydrogen-bond acceptors (Lipinski definition) is 3. The summed E-state index contributed by atoms with van der Waals surface area (Å²) in [6, 6.07) is 75.5. The molecule has 0 fully saturated rings. The molecule has 0 radical (unpaired) electrons. The predicted molar refractivity (Wildman–Crippen MR) is 242 cm³/mol. The minimum Gasteiger partial charge on any atom is -0.208 e. The van der Waals surface area contributed by atoms with Crippen LogP contribution in [0.4, 0.5) is 0 Å². The maximum atomic E-state index is 5.26. The van der Waals surface area contributed by atoms with Crippen molar-refractivity contribution in [1.82, 2.24) is 15.0 Å². The molecular weight excluding hydrogens is 703 g/mol. The summed E-state index contributed by atoms with van der Waals surface area (Å²) < 4.78 is 0. The standard InChI is InChI=1S/C55H35N3/c1-2-11-36(12-3-1)42-24-25-45-33-49(28-26-44(45)30-42)54-56-53(48-19-10-18-41(32-48)43-23-21-37-13-4-6-15-39(37)29-43)57-55(58-54)50-34-46-17-8-9-20-51(46)52(35-50)47-27-22-38-14-5-7-16-40(38)31-47/h1-35H. The van der Waals surface area contributed by atoms with Crippen LogP contribution in [0.1, 0.15) is 0 Å². The monoisotopic (exact) mass is 737 g/mol. The third kappa shape index (κ3) is 6.25. The third-order valence-electron chi connectivity index (χ3n) is 11.2. The van der Waals surface area contributed by atoms with Gasteiger partial charge in [0.15, 0.2) is 17.5 Å². The van der Waals surface area contributed by atoms with E-state index >= 15 is 0 Å². The number of fused-ring (bicyclic) bond motifs is 4. The molecule has 58 heavy (non-hydrogen) atoms. The molecule has 0 aliphatic heterocycles. The first-order valence-electron chi connectivity index (χ1n) is 19.7. The molecule has 3 nitrogen and oxygen atoms in total. The van der Waals surface area contributed by atoms with Crippen LogP contribution in [0.3, 0.4) is 0 Å². The first kappa shape index (κ1) is 33.6. The van der Waals surface area contributed by atoms with Crippen molar-refractivity contribution >= 4 is 43.1 Å². The minimum atomic E-state index is 0.627. The molecule has 0 bridgehead atoms. The Morgan fingerprint density at radius 2 is 0.603 bits per heavy atom. The molecule has 0 N–H and O–H groups in total. The van der Waals surface area contributed by atoms with Crippen LogP contribution in [0, 0.1) is 0 Å². The fourth-order valence-electron chi connectivity index (χ4n) is 8.20. The zero-order chi connectivity index (χ0) is 38.4. The fraction of sp³-hybridized carbons (Fsp3) is 0. The second-order valence-electron chi connectivity index (χ2n) is 14.9. The van der Waals surface area contributed by atoms with Gasteiger partial charge in [0.25, 0.3) is 0 Å². The summed E-state index contributed by atoms with van der Waals surface area (Å²) in [7, 11) is 0. The van der Waals surface area contributed by atoms with Crippen LogP contribution in [0.15, 0.2) is 212 Å². The van der Waals surface area contributed by atoms with E-state index in [0.717, 1.165) is 55.1 Å². The Morgan fingerprint density at radius 1 is 0.207 bits per heavy atom. The Balaban J connectivity index is 1.08. The summed E-state index contributed by atoms with van der Waals surface area (Å²) in [6.07, 6.45) is 0. The highest BCUT2D eigenvalue weighted by atomic mass is 15.0. The lowest BCUT2D eigenvalue weighted by atomic mass is 9.94. The van der Waals surface area contributed by atoms with Crippen molar-refractivity contribution in [2.75, 3.05) is 0 Å². The Labute approximate surface area is 336 Å². The van der Waals surface area contributed by atoms with E-state index in [0.29, 0.717) is 17.5 Å².